The van der Waals surface area contributed by atoms with Crippen LogP contribution in [0.5, 0.6) is 0 Å². The van der Waals surface area contributed by atoms with Gasteiger partial charge in [0.2, 0.25) is 5.91 Å². The third-order valence-electron chi connectivity index (χ3n) is 5.92. The van der Waals surface area contributed by atoms with Crippen LogP contribution in [0.2, 0.25) is 0 Å². The molecule has 0 aromatic heterocycles. The van der Waals surface area contributed by atoms with Gasteiger partial charge in [0.25, 0.3) is 0 Å². The number of hydrogen-bond donors (Lipinski definition) is 1. The van der Waals surface area contributed by atoms with Gasteiger partial charge >= 0.3 is 18.4 Å². The van der Waals surface area contributed by atoms with Gasteiger partial charge in [-0.05, 0) is 56.5 Å². The molecule has 0 aliphatic carbocycles. The molecule has 2 aromatic rings. The van der Waals surface area contributed by atoms with Crippen LogP contribution in [0.15, 0.2) is 36.4 Å². The van der Waals surface area contributed by atoms with Crippen LogP contribution in [0, 0.1) is 0 Å². The van der Waals surface area contributed by atoms with Gasteiger partial charge in [0.15, 0.2) is 0 Å². The molecule has 3 rings (SSSR count). The minimum Gasteiger partial charge on any atom is -0.446 e. The number of benzene rings is 2. The molecule has 1 aliphatic rings. The lowest BCUT2D eigenvalue weighted by Gasteiger charge is -2.33. The Bertz CT molecular complexity index is 1130. The molecule has 6 nitrogen and oxygen atoms in total. The summed E-state index contributed by atoms with van der Waals surface area (Å²) in [6.45, 7) is 4.21. The average Bonchev–Trinajstić information content (AvgIpc) is 2.96. The predicted octanol–water partition coefficient (Wildman–Crippen LogP) is 6.54. The molecule has 12 heteroatoms. The molecule has 202 valence electrons. The number of amides is 2. The Morgan fingerprint density at radius 3 is 2.19 bits per heavy atom. The highest BCUT2D eigenvalue weighted by molar-refractivity contribution is 5.93. The number of nitrogens with zero attached hydrogens (tertiary/aromatic N) is 2. The van der Waals surface area contributed by atoms with E-state index in [-0.39, 0.29) is 30.3 Å². The molecular formula is C25H27F6N3O3. The first-order valence-corrected chi connectivity index (χ1v) is 11.5. The predicted molar refractivity (Wildman–Crippen MR) is 124 cm³/mol. The number of fused-ring (bicyclic) bond motifs is 1. The van der Waals surface area contributed by atoms with Gasteiger partial charge in [-0.2, -0.15) is 26.3 Å². The summed E-state index contributed by atoms with van der Waals surface area (Å²) < 4.78 is 85.6. The second-order valence-corrected chi connectivity index (χ2v) is 9.09. The fraction of sp³-hybridized carbons (Fsp3) is 0.440. The quantitative estimate of drug-likeness (QED) is 0.359. The van der Waals surface area contributed by atoms with Gasteiger partial charge in [0.05, 0.1) is 34.6 Å². The van der Waals surface area contributed by atoms with Crippen molar-refractivity contribution in [3.8, 4) is 0 Å². The molecule has 0 saturated carbocycles. The molecule has 2 aromatic carbocycles. The maximum absolute atomic E-state index is 13.4. The van der Waals surface area contributed by atoms with E-state index >= 15 is 0 Å². The fourth-order valence-corrected chi connectivity index (χ4v) is 4.39. The summed E-state index contributed by atoms with van der Waals surface area (Å²) in [6, 6.07) is 5.27. The fourth-order valence-electron chi connectivity index (χ4n) is 4.39. The summed E-state index contributed by atoms with van der Waals surface area (Å²) in [4.78, 5) is 28.1. The van der Waals surface area contributed by atoms with Crippen LogP contribution in [0.4, 0.5) is 42.5 Å². The number of carbonyl (C=O) groups is 2. The Balaban J connectivity index is 2.09. The van der Waals surface area contributed by atoms with Crippen molar-refractivity contribution in [2.75, 3.05) is 17.2 Å². The van der Waals surface area contributed by atoms with Crippen molar-refractivity contribution in [1.29, 1.82) is 0 Å². The van der Waals surface area contributed by atoms with Crippen molar-refractivity contribution in [2.24, 2.45) is 0 Å². The topological polar surface area (TPSA) is 75.9 Å². The van der Waals surface area contributed by atoms with Crippen LogP contribution < -0.4 is 10.6 Å². The average molecular weight is 531 g/mol. The summed E-state index contributed by atoms with van der Waals surface area (Å²) in [5.74, 6) is -0.567. The van der Waals surface area contributed by atoms with Crippen molar-refractivity contribution in [1.82, 2.24) is 4.90 Å². The lowest BCUT2D eigenvalue weighted by atomic mass is 9.97. The van der Waals surface area contributed by atoms with E-state index in [9.17, 15) is 35.9 Å². The number of nitrogen functional groups attached to an aromatic ring is 1. The van der Waals surface area contributed by atoms with Gasteiger partial charge in [-0.3, -0.25) is 9.69 Å². The molecule has 0 bridgehead atoms. The van der Waals surface area contributed by atoms with Gasteiger partial charge < -0.3 is 15.4 Å². The van der Waals surface area contributed by atoms with E-state index in [0.29, 0.717) is 29.8 Å². The lowest BCUT2D eigenvalue weighted by Crippen LogP contribution is -2.35. The van der Waals surface area contributed by atoms with E-state index < -0.39 is 54.2 Å². The van der Waals surface area contributed by atoms with Crippen molar-refractivity contribution in [3.05, 3.63) is 58.7 Å². The zero-order chi connectivity index (χ0) is 27.7. The second kappa shape index (κ2) is 10.5. The number of halogens is 6. The molecule has 1 aliphatic heterocycles. The molecule has 1 atom stereocenters. The third kappa shape index (κ3) is 6.47. The molecule has 1 heterocycles. The van der Waals surface area contributed by atoms with Crippen LogP contribution in [-0.2, 0) is 28.4 Å². The molecule has 0 saturated heterocycles. The van der Waals surface area contributed by atoms with Crippen LogP contribution in [0.3, 0.4) is 0 Å². The first-order chi connectivity index (χ1) is 17.1. The van der Waals surface area contributed by atoms with Gasteiger partial charge in [0, 0.05) is 25.6 Å². The Labute approximate surface area is 210 Å². The van der Waals surface area contributed by atoms with Crippen molar-refractivity contribution in [2.45, 2.75) is 64.7 Å². The van der Waals surface area contributed by atoms with E-state index in [1.165, 1.54) is 16.7 Å². The number of para-hydroxylation sites is 1. The van der Waals surface area contributed by atoms with Crippen LogP contribution in [0.25, 0.3) is 0 Å². The van der Waals surface area contributed by atoms with E-state index in [1.807, 2.05) is 0 Å². The minimum absolute atomic E-state index is 0.0431. The van der Waals surface area contributed by atoms with Crippen molar-refractivity contribution >= 4 is 23.4 Å². The SMILES string of the molecule is CC(=O)N(Cc1cc(C(F)(F)F)cc(C(F)(F)F)c1)C1CCCN(C(=O)OC(C)C)c2c(N)cccc21. The van der Waals surface area contributed by atoms with Crippen LogP contribution in [-0.4, -0.2) is 29.5 Å². The van der Waals surface area contributed by atoms with E-state index in [1.54, 1.807) is 32.0 Å². The molecule has 2 amide bonds. The van der Waals surface area contributed by atoms with Crippen molar-refractivity contribution < 1.29 is 40.7 Å². The smallest absolute Gasteiger partial charge is 0.416 e. The number of anilines is 2. The van der Waals surface area contributed by atoms with E-state index in [4.69, 9.17) is 10.5 Å². The summed E-state index contributed by atoms with van der Waals surface area (Å²) >= 11 is 0. The Morgan fingerprint density at radius 1 is 1.08 bits per heavy atom. The van der Waals surface area contributed by atoms with Gasteiger partial charge in [0.1, 0.15) is 0 Å². The third-order valence-corrected chi connectivity index (χ3v) is 5.92. The number of carbonyl (C=O) groups excluding carboxylic acids is 2. The maximum Gasteiger partial charge on any atom is 0.416 e. The van der Waals surface area contributed by atoms with Gasteiger partial charge in [-0.25, -0.2) is 4.79 Å². The zero-order valence-electron chi connectivity index (χ0n) is 20.4. The first-order valence-electron chi connectivity index (χ1n) is 11.5. The lowest BCUT2D eigenvalue weighted by molar-refractivity contribution is -0.143. The number of rotatable bonds is 4. The molecule has 0 spiro atoms. The largest absolute Gasteiger partial charge is 0.446 e. The number of nitrogens with two attached hydrogens (primary N) is 1. The van der Waals surface area contributed by atoms with E-state index in [0.717, 1.165) is 0 Å². The highest BCUT2D eigenvalue weighted by Gasteiger charge is 2.38. The monoisotopic (exact) mass is 531 g/mol. The normalized spacial score (nSPS) is 16.3. The Hall–Kier alpha value is -3.44. The van der Waals surface area contributed by atoms with Crippen molar-refractivity contribution in [3.63, 3.8) is 0 Å². The van der Waals surface area contributed by atoms with Crippen LogP contribution in [0.1, 0.15) is 61.9 Å². The number of alkyl halides is 6. The maximum atomic E-state index is 13.4. The summed E-state index contributed by atoms with van der Waals surface area (Å²) in [6.07, 6.45) is -10.5. The van der Waals surface area contributed by atoms with Gasteiger partial charge in [-0.15, -0.1) is 0 Å². The van der Waals surface area contributed by atoms with Gasteiger partial charge in [-0.1, -0.05) is 12.1 Å². The number of hydrogen-bond acceptors (Lipinski definition) is 4. The van der Waals surface area contributed by atoms with Crippen LogP contribution >= 0.6 is 0 Å². The molecular weight excluding hydrogens is 504 g/mol. The van der Waals surface area contributed by atoms with E-state index in [2.05, 4.69) is 0 Å². The molecule has 1 unspecified atom stereocenters. The Morgan fingerprint density at radius 2 is 1.68 bits per heavy atom. The number of ether oxygens (including phenoxy) is 1. The molecule has 0 radical (unpaired) electrons. The molecule has 37 heavy (non-hydrogen) atoms. The molecule has 2 N–H and O–H groups in total. The second-order valence-electron chi connectivity index (χ2n) is 9.09. The molecule has 0 fully saturated rings. The summed E-state index contributed by atoms with van der Waals surface area (Å²) in [7, 11) is 0. The highest BCUT2D eigenvalue weighted by Crippen LogP contribution is 2.42. The summed E-state index contributed by atoms with van der Waals surface area (Å²) in [5, 5.41) is 0. The highest BCUT2D eigenvalue weighted by atomic mass is 19.4. The first kappa shape index (κ1) is 28.1. The Kier molecular flexibility index (Phi) is 7.99. The summed E-state index contributed by atoms with van der Waals surface area (Å²) in [5.41, 5.74) is 3.88. The standard InChI is InChI=1S/C25H27F6N3O3/c1-14(2)37-23(36)33-9-5-8-21(19-6-4-7-20(32)22(19)33)34(15(3)35)13-16-10-17(24(26,27)28)12-18(11-16)25(29,30)31/h4,6-7,10-12,14,21H,5,8-9,13,32H2,1-3H3. The zero-order valence-corrected chi connectivity index (χ0v) is 20.4. The minimum atomic E-state index is -5.02.